The Balaban J connectivity index is 2.84. The monoisotopic (exact) mass is 233 g/mol. The summed E-state index contributed by atoms with van der Waals surface area (Å²) in [5, 5.41) is 9.10. The summed E-state index contributed by atoms with van der Waals surface area (Å²) in [6.07, 6.45) is 3.26. The van der Waals surface area contributed by atoms with Gasteiger partial charge in [-0.05, 0) is 12.1 Å². The quantitative estimate of drug-likeness (QED) is 0.709. The molecule has 0 bridgehead atoms. The Labute approximate surface area is 96.3 Å². The molecule has 0 aliphatic heterocycles. The molecule has 0 saturated heterocycles. The number of aromatic nitrogens is 2. The number of nitrogen functional groups attached to an aromatic ring is 1. The van der Waals surface area contributed by atoms with E-state index in [2.05, 4.69) is 4.98 Å². The molecule has 0 amide bonds. The first-order valence-electron chi connectivity index (χ1n) is 4.88. The van der Waals surface area contributed by atoms with Gasteiger partial charge in [0, 0.05) is 30.6 Å². The van der Waals surface area contributed by atoms with Crippen molar-refractivity contribution in [1.82, 2.24) is 9.55 Å². The third kappa shape index (κ3) is 1.69. The predicted octanol–water partition coefficient (Wildman–Crippen LogP) is 0.661. The van der Waals surface area contributed by atoms with Crippen molar-refractivity contribution in [2.24, 2.45) is 7.05 Å². The van der Waals surface area contributed by atoms with E-state index < -0.39 is 11.5 Å². The lowest BCUT2D eigenvalue weighted by molar-refractivity contribution is 0.0695. The van der Waals surface area contributed by atoms with Crippen LogP contribution in [-0.2, 0) is 7.05 Å². The Kier molecular flexibility index (Phi) is 2.47. The summed E-state index contributed by atoms with van der Waals surface area (Å²) in [6, 6.07) is 3.16. The van der Waals surface area contributed by atoms with Crippen molar-refractivity contribution >= 4 is 11.8 Å². The van der Waals surface area contributed by atoms with Crippen LogP contribution in [0.4, 0.5) is 5.82 Å². The highest BCUT2D eigenvalue weighted by molar-refractivity contribution is 5.96. The molecule has 2 aromatic rings. The van der Waals surface area contributed by atoms with Gasteiger partial charge in [0.1, 0.15) is 11.4 Å². The molecular weight excluding hydrogens is 222 g/mol. The summed E-state index contributed by atoms with van der Waals surface area (Å²) >= 11 is 0. The third-order valence-corrected chi connectivity index (χ3v) is 2.59. The van der Waals surface area contributed by atoms with Crippen molar-refractivity contribution in [2.75, 3.05) is 5.73 Å². The zero-order valence-corrected chi connectivity index (χ0v) is 9.10. The van der Waals surface area contributed by atoms with Crippen LogP contribution in [0.3, 0.4) is 0 Å². The van der Waals surface area contributed by atoms with Crippen molar-refractivity contribution in [2.45, 2.75) is 0 Å². The van der Waals surface area contributed by atoms with Crippen LogP contribution in [0.15, 0.2) is 29.3 Å². The van der Waals surface area contributed by atoms with Crippen LogP contribution in [0.5, 0.6) is 0 Å². The zero-order chi connectivity index (χ0) is 12.6. The van der Waals surface area contributed by atoms with Crippen molar-refractivity contribution < 1.29 is 9.90 Å². The van der Waals surface area contributed by atoms with Crippen LogP contribution >= 0.6 is 0 Å². The number of hydrogen-bond acceptors (Lipinski definition) is 3. The van der Waals surface area contributed by atoms with E-state index in [4.69, 9.17) is 10.8 Å². The summed E-state index contributed by atoms with van der Waals surface area (Å²) in [4.78, 5) is 25.8. The van der Waals surface area contributed by atoms with Gasteiger partial charge in [-0.2, -0.15) is 0 Å². The largest absolute Gasteiger partial charge is 0.477 e. The highest BCUT2D eigenvalue weighted by Gasteiger charge is 2.19. The fourth-order valence-corrected chi connectivity index (χ4v) is 1.64. The van der Waals surface area contributed by atoms with Gasteiger partial charge in [-0.3, -0.25) is 9.36 Å². The van der Waals surface area contributed by atoms with Crippen LogP contribution in [0, 0.1) is 0 Å². The smallest absolute Gasteiger partial charge is 0.341 e. The summed E-state index contributed by atoms with van der Waals surface area (Å²) in [5.74, 6) is -1.04. The highest BCUT2D eigenvalue weighted by atomic mass is 16.4. The number of hydrogen-bond donors (Lipinski definition) is 3. The molecule has 88 valence electrons. The molecule has 0 spiro atoms. The lowest BCUT2D eigenvalue weighted by Crippen LogP contribution is -2.27. The molecule has 17 heavy (non-hydrogen) atoms. The topological polar surface area (TPSA) is 101 Å². The molecule has 6 nitrogen and oxygen atoms in total. The second kappa shape index (κ2) is 3.82. The number of carboxylic acid groups (broad SMARTS) is 1. The van der Waals surface area contributed by atoms with Gasteiger partial charge in [0.05, 0.1) is 0 Å². The number of anilines is 1. The minimum atomic E-state index is -1.26. The minimum absolute atomic E-state index is 0.219. The van der Waals surface area contributed by atoms with Gasteiger partial charge in [-0.25, -0.2) is 4.79 Å². The maximum Gasteiger partial charge on any atom is 0.341 e. The number of aromatic carboxylic acids is 1. The van der Waals surface area contributed by atoms with E-state index in [1.165, 1.54) is 13.1 Å². The first kappa shape index (κ1) is 11.0. The van der Waals surface area contributed by atoms with Crippen molar-refractivity contribution in [3.8, 4) is 11.1 Å². The number of nitrogens with one attached hydrogen (secondary N) is 1. The maximum absolute atomic E-state index is 11.8. The second-order valence-corrected chi connectivity index (χ2v) is 3.63. The third-order valence-electron chi connectivity index (χ3n) is 2.59. The van der Waals surface area contributed by atoms with Gasteiger partial charge in [0.2, 0.25) is 0 Å². The average molecular weight is 233 g/mol. The van der Waals surface area contributed by atoms with E-state index >= 15 is 0 Å². The molecule has 2 heterocycles. The number of nitrogens with two attached hydrogens (primary N) is 1. The van der Waals surface area contributed by atoms with E-state index in [1.807, 2.05) is 0 Å². The van der Waals surface area contributed by atoms with E-state index in [9.17, 15) is 9.59 Å². The molecule has 0 atom stereocenters. The number of H-pyrrole nitrogens is 1. The average Bonchev–Trinajstić information content (AvgIpc) is 2.77. The number of aromatic amines is 1. The SMILES string of the molecule is Cn1c(N)cc(-c2cc[nH]c2)c(C(=O)O)c1=O. The number of carboxylic acids is 1. The van der Waals surface area contributed by atoms with Crippen LogP contribution < -0.4 is 11.3 Å². The fourth-order valence-electron chi connectivity index (χ4n) is 1.64. The molecular formula is C11H11N3O3. The number of rotatable bonds is 2. The normalized spacial score (nSPS) is 10.4. The first-order valence-corrected chi connectivity index (χ1v) is 4.88. The Morgan fingerprint density at radius 1 is 1.53 bits per heavy atom. The van der Waals surface area contributed by atoms with E-state index in [-0.39, 0.29) is 11.4 Å². The van der Waals surface area contributed by atoms with E-state index in [1.54, 1.807) is 18.5 Å². The van der Waals surface area contributed by atoms with Gasteiger partial charge in [0.15, 0.2) is 0 Å². The molecule has 0 fully saturated rings. The summed E-state index contributed by atoms with van der Waals surface area (Å²) in [6.45, 7) is 0. The van der Waals surface area contributed by atoms with Gasteiger partial charge < -0.3 is 15.8 Å². The molecule has 0 radical (unpaired) electrons. The molecule has 0 aliphatic rings. The maximum atomic E-state index is 11.8. The second-order valence-electron chi connectivity index (χ2n) is 3.63. The van der Waals surface area contributed by atoms with Crippen LogP contribution in [0.25, 0.3) is 11.1 Å². The van der Waals surface area contributed by atoms with E-state index in [0.717, 1.165) is 4.57 Å². The number of carbonyl (C=O) groups is 1. The van der Waals surface area contributed by atoms with Crippen molar-refractivity contribution in [1.29, 1.82) is 0 Å². The molecule has 0 aromatic carbocycles. The summed E-state index contributed by atoms with van der Waals surface area (Å²) in [7, 11) is 1.44. The Bertz CT molecular complexity index is 626. The van der Waals surface area contributed by atoms with Gasteiger partial charge >= 0.3 is 5.97 Å². The molecule has 4 N–H and O–H groups in total. The fraction of sp³-hybridized carbons (Fsp3) is 0.0909. The Morgan fingerprint density at radius 2 is 2.24 bits per heavy atom. The summed E-state index contributed by atoms with van der Waals surface area (Å²) in [5.41, 5.74) is 5.70. The van der Waals surface area contributed by atoms with Crippen LogP contribution in [0.1, 0.15) is 10.4 Å². The van der Waals surface area contributed by atoms with Gasteiger partial charge in [-0.1, -0.05) is 0 Å². The number of nitrogens with zero attached hydrogens (tertiary/aromatic N) is 1. The molecule has 0 aliphatic carbocycles. The lowest BCUT2D eigenvalue weighted by atomic mass is 10.0. The molecule has 0 saturated carbocycles. The Morgan fingerprint density at radius 3 is 2.76 bits per heavy atom. The number of pyridine rings is 1. The molecule has 2 aromatic heterocycles. The van der Waals surface area contributed by atoms with Crippen molar-refractivity contribution in [3.63, 3.8) is 0 Å². The highest BCUT2D eigenvalue weighted by Crippen LogP contribution is 2.23. The molecule has 0 unspecified atom stereocenters. The van der Waals surface area contributed by atoms with Crippen molar-refractivity contribution in [3.05, 3.63) is 40.4 Å². The van der Waals surface area contributed by atoms with Gasteiger partial charge in [0.25, 0.3) is 5.56 Å². The molecule has 6 heteroatoms. The molecule has 2 rings (SSSR count). The standard InChI is InChI=1S/C11H11N3O3/c1-14-8(12)4-7(6-2-3-13-5-6)9(10(14)15)11(16)17/h2-5,13H,12H2,1H3,(H,16,17). The lowest BCUT2D eigenvalue weighted by Gasteiger charge is -2.09. The minimum Gasteiger partial charge on any atom is -0.477 e. The van der Waals surface area contributed by atoms with Crippen LogP contribution in [-0.4, -0.2) is 20.6 Å². The van der Waals surface area contributed by atoms with E-state index in [0.29, 0.717) is 11.1 Å². The summed E-state index contributed by atoms with van der Waals surface area (Å²) < 4.78 is 1.11. The Hall–Kier alpha value is -2.50. The predicted molar refractivity (Wildman–Crippen MR) is 62.8 cm³/mol. The van der Waals surface area contributed by atoms with Crippen LogP contribution in [0.2, 0.25) is 0 Å². The van der Waals surface area contributed by atoms with Gasteiger partial charge in [-0.15, -0.1) is 0 Å². The zero-order valence-electron chi connectivity index (χ0n) is 9.10. The first-order chi connectivity index (χ1) is 8.02.